The van der Waals surface area contributed by atoms with Gasteiger partial charge in [0.2, 0.25) is 0 Å². The second-order valence-electron chi connectivity index (χ2n) is 4.13. The summed E-state index contributed by atoms with van der Waals surface area (Å²) in [6, 6.07) is 2.70. The molecule has 1 rings (SSSR count). The molecular weight excluding hydrogens is 291 g/mol. The molecule has 0 spiro atoms. The van der Waals surface area contributed by atoms with Gasteiger partial charge in [0.25, 0.3) is 5.91 Å². The Labute approximate surface area is 118 Å². The van der Waals surface area contributed by atoms with Crippen LogP contribution in [0.5, 0.6) is 5.75 Å². The van der Waals surface area contributed by atoms with Gasteiger partial charge in [-0.05, 0) is 25.0 Å². The summed E-state index contributed by atoms with van der Waals surface area (Å²) in [5, 5.41) is 10.9. The number of hydrogen-bond acceptors (Lipinski definition) is 3. The van der Waals surface area contributed by atoms with Crippen molar-refractivity contribution in [2.45, 2.75) is 25.9 Å². The summed E-state index contributed by atoms with van der Waals surface area (Å²) >= 11 is 0. The Morgan fingerprint density at radius 2 is 2.00 bits per heavy atom. The van der Waals surface area contributed by atoms with Gasteiger partial charge < -0.3 is 15.2 Å². The van der Waals surface area contributed by atoms with Gasteiger partial charge >= 0.3 is 12.6 Å². The van der Waals surface area contributed by atoms with E-state index in [-0.39, 0.29) is 18.5 Å². The highest BCUT2D eigenvalue weighted by Crippen LogP contribution is 2.22. The van der Waals surface area contributed by atoms with E-state index in [1.54, 1.807) is 0 Å². The Kier molecular flexibility index (Phi) is 6.51. The number of aliphatic carboxylic acids is 1. The van der Waals surface area contributed by atoms with Gasteiger partial charge in [0.05, 0.1) is 5.56 Å². The first kappa shape index (κ1) is 16.8. The topological polar surface area (TPSA) is 75.6 Å². The molecule has 0 aliphatic heterocycles. The smallest absolute Gasteiger partial charge is 0.387 e. The molecule has 116 valence electrons. The third-order valence-corrected chi connectivity index (χ3v) is 2.51. The zero-order valence-corrected chi connectivity index (χ0v) is 10.9. The third kappa shape index (κ3) is 6.15. The van der Waals surface area contributed by atoms with Crippen LogP contribution in [0, 0.1) is 5.82 Å². The fourth-order valence-corrected chi connectivity index (χ4v) is 1.58. The van der Waals surface area contributed by atoms with E-state index in [1.165, 1.54) is 0 Å². The van der Waals surface area contributed by atoms with Crippen LogP contribution in [-0.4, -0.2) is 30.1 Å². The minimum absolute atomic E-state index is 0.0217. The zero-order chi connectivity index (χ0) is 15.8. The average Bonchev–Trinajstić information content (AvgIpc) is 2.37. The lowest BCUT2D eigenvalue weighted by molar-refractivity contribution is -0.137. The van der Waals surface area contributed by atoms with Gasteiger partial charge in [-0.15, -0.1) is 0 Å². The number of rotatable bonds is 8. The largest absolute Gasteiger partial charge is 0.481 e. The van der Waals surface area contributed by atoms with Gasteiger partial charge in [0, 0.05) is 19.0 Å². The number of carbonyl (C=O) groups is 2. The molecule has 0 fully saturated rings. The van der Waals surface area contributed by atoms with Crippen LogP contribution in [0.2, 0.25) is 0 Å². The first-order valence-electron chi connectivity index (χ1n) is 6.14. The number of carboxylic acids is 1. The van der Waals surface area contributed by atoms with Crippen molar-refractivity contribution in [3.8, 4) is 5.75 Å². The minimum atomic E-state index is -3.17. The summed E-state index contributed by atoms with van der Waals surface area (Å²) in [4.78, 5) is 22.1. The average molecular weight is 305 g/mol. The summed E-state index contributed by atoms with van der Waals surface area (Å²) in [6.07, 6.45) is 0.774. The maximum Gasteiger partial charge on any atom is 0.387 e. The summed E-state index contributed by atoms with van der Waals surface area (Å²) in [6.45, 7) is -2.99. The molecule has 1 aromatic carbocycles. The Morgan fingerprint density at radius 3 is 2.62 bits per heavy atom. The molecule has 0 saturated carbocycles. The Morgan fingerprint density at radius 1 is 1.29 bits per heavy atom. The van der Waals surface area contributed by atoms with E-state index < -0.39 is 30.1 Å². The highest BCUT2D eigenvalue weighted by Gasteiger charge is 2.16. The predicted molar refractivity (Wildman–Crippen MR) is 66.9 cm³/mol. The monoisotopic (exact) mass is 305 g/mol. The van der Waals surface area contributed by atoms with Crippen molar-refractivity contribution in [1.82, 2.24) is 5.32 Å². The summed E-state index contributed by atoms with van der Waals surface area (Å²) in [7, 11) is 0. The molecule has 0 heterocycles. The van der Waals surface area contributed by atoms with Crippen molar-refractivity contribution in [1.29, 1.82) is 0 Å². The SMILES string of the molecule is O=C(O)CCCCNC(=O)c1ccc(F)cc1OC(F)F. The predicted octanol–water partition coefficient (Wildman–Crippen LogP) is 2.41. The first-order valence-corrected chi connectivity index (χ1v) is 6.14. The van der Waals surface area contributed by atoms with Crippen LogP contribution in [0.1, 0.15) is 29.6 Å². The van der Waals surface area contributed by atoms with E-state index in [0.29, 0.717) is 18.9 Å². The van der Waals surface area contributed by atoms with Crippen molar-refractivity contribution in [2.75, 3.05) is 6.54 Å². The van der Waals surface area contributed by atoms with Crippen LogP contribution in [-0.2, 0) is 4.79 Å². The molecule has 0 radical (unpaired) electrons. The Bertz CT molecular complexity index is 508. The second-order valence-corrected chi connectivity index (χ2v) is 4.13. The molecule has 0 aromatic heterocycles. The maximum atomic E-state index is 13.0. The molecule has 8 heteroatoms. The van der Waals surface area contributed by atoms with E-state index in [1.807, 2.05) is 0 Å². The van der Waals surface area contributed by atoms with Gasteiger partial charge in [0.1, 0.15) is 11.6 Å². The zero-order valence-electron chi connectivity index (χ0n) is 10.9. The number of halogens is 3. The van der Waals surface area contributed by atoms with Gasteiger partial charge in [-0.3, -0.25) is 9.59 Å². The highest BCUT2D eigenvalue weighted by atomic mass is 19.3. The van der Waals surface area contributed by atoms with Crippen LogP contribution in [0.3, 0.4) is 0 Å². The molecule has 1 aromatic rings. The van der Waals surface area contributed by atoms with Gasteiger partial charge in [-0.2, -0.15) is 8.78 Å². The molecule has 0 bridgehead atoms. The van der Waals surface area contributed by atoms with Crippen LogP contribution in [0.15, 0.2) is 18.2 Å². The number of carboxylic acid groups (broad SMARTS) is 1. The van der Waals surface area contributed by atoms with Gasteiger partial charge in [0.15, 0.2) is 0 Å². The number of ether oxygens (including phenoxy) is 1. The van der Waals surface area contributed by atoms with Crippen LogP contribution in [0.25, 0.3) is 0 Å². The summed E-state index contributed by atoms with van der Waals surface area (Å²) in [5.74, 6) is -2.98. The Balaban J connectivity index is 2.58. The van der Waals surface area contributed by atoms with Crippen LogP contribution >= 0.6 is 0 Å². The number of alkyl halides is 2. The van der Waals surface area contributed by atoms with E-state index in [0.717, 1.165) is 12.1 Å². The number of nitrogens with one attached hydrogen (secondary N) is 1. The molecule has 0 saturated heterocycles. The normalized spacial score (nSPS) is 10.5. The number of benzene rings is 1. The van der Waals surface area contributed by atoms with Crippen molar-refractivity contribution < 1.29 is 32.6 Å². The third-order valence-electron chi connectivity index (χ3n) is 2.51. The maximum absolute atomic E-state index is 13.0. The molecule has 0 aliphatic carbocycles. The van der Waals surface area contributed by atoms with Crippen molar-refractivity contribution >= 4 is 11.9 Å². The van der Waals surface area contributed by atoms with E-state index in [2.05, 4.69) is 10.1 Å². The van der Waals surface area contributed by atoms with E-state index >= 15 is 0 Å². The molecular formula is C13H14F3NO4. The quantitative estimate of drug-likeness (QED) is 0.723. The second kappa shape index (κ2) is 8.13. The fourth-order valence-electron chi connectivity index (χ4n) is 1.58. The number of hydrogen-bond donors (Lipinski definition) is 2. The molecule has 0 aliphatic rings. The highest BCUT2D eigenvalue weighted by molar-refractivity contribution is 5.96. The molecule has 0 unspecified atom stereocenters. The lowest BCUT2D eigenvalue weighted by Crippen LogP contribution is -2.25. The van der Waals surface area contributed by atoms with Crippen molar-refractivity contribution in [3.05, 3.63) is 29.6 Å². The van der Waals surface area contributed by atoms with Crippen molar-refractivity contribution in [3.63, 3.8) is 0 Å². The van der Waals surface area contributed by atoms with E-state index in [4.69, 9.17) is 5.11 Å². The van der Waals surface area contributed by atoms with Gasteiger partial charge in [-0.25, -0.2) is 4.39 Å². The summed E-state index contributed by atoms with van der Waals surface area (Å²) < 4.78 is 41.5. The number of amides is 1. The standard InChI is InChI=1S/C13H14F3NO4/c14-8-4-5-9(10(7-8)21-13(15)16)12(20)17-6-2-1-3-11(18)19/h4-5,7,13H,1-3,6H2,(H,17,20)(H,18,19). The lowest BCUT2D eigenvalue weighted by atomic mass is 10.1. The number of unbranched alkanes of at least 4 members (excludes halogenated alkanes) is 1. The summed E-state index contributed by atoms with van der Waals surface area (Å²) in [5.41, 5.74) is -0.213. The van der Waals surface area contributed by atoms with E-state index in [9.17, 15) is 22.8 Å². The Hall–Kier alpha value is -2.25. The van der Waals surface area contributed by atoms with Crippen LogP contribution in [0.4, 0.5) is 13.2 Å². The van der Waals surface area contributed by atoms with Crippen molar-refractivity contribution in [2.24, 2.45) is 0 Å². The van der Waals surface area contributed by atoms with Gasteiger partial charge in [-0.1, -0.05) is 0 Å². The molecule has 5 nitrogen and oxygen atoms in total. The molecule has 21 heavy (non-hydrogen) atoms. The first-order chi connectivity index (χ1) is 9.90. The minimum Gasteiger partial charge on any atom is -0.481 e. The number of carbonyl (C=O) groups excluding carboxylic acids is 1. The molecule has 0 atom stereocenters. The van der Waals surface area contributed by atoms with Crippen LogP contribution < -0.4 is 10.1 Å². The molecule has 1 amide bonds. The molecule has 2 N–H and O–H groups in total. The lowest BCUT2D eigenvalue weighted by Gasteiger charge is -2.11. The fraction of sp³-hybridized carbons (Fsp3) is 0.385.